The van der Waals surface area contributed by atoms with Gasteiger partial charge in [-0.25, -0.2) is 0 Å². The molecule has 0 aliphatic carbocycles. The van der Waals surface area contributed by atoms with Crippen molar-refractivity contribution in [1.82, 2.24) is 10.1 Å². The number of carbonyl (C=O) groups excluding carboxylic acids is 1. The summed E-state index contributed by atoms with van der Waals surface area (Å²) in [5.41, 5.74) is 1.77. The number of hydrogen-bond donors (Lipinski definition) is 1. The molecule has 1 aromatic carbocycles. The number of carbonyl (C=O) groups is 1. The predicted octanol–water partition coefficient (Wildman–Crippen LogP) is 2.71. The highest BCUT2D eigenvalue weighted by molar-refractivity contribution is 5.91. The lowest BCUT2D eigenvalue weighted by molar-refractivity contribution is -0.116. The van der Waals surface area contributed by atoms with Gasteiger partial charge >= 0.3 is 0 Å². The van der Waals surface area contributed by atoms with Crippen LogP contribution in [0.15, 0.2) is 28.8 Å². The van der Waals surface area contributed by atoms with Crippen molar-refractivity contribution in [3.63, 3.8) is 0 Å². The molecular weight excluding hydrogens is 242 g/mol. The molecule has 0 saturated carbocycles. The lowest BCUT2D eigenvalue weighted by Crippen LogP contribution is -2.12. The Morgan fingerprint density at radius 2 is 2.16 bits per heavy atom. The molecule has 5 heteroatoms. The summed E-state index contributed by atoms with van der Waals surface area (Å²) in [6, 6.07) is 7.64. The highest BCUT2D eigenvalue weighted by Crippen LogP contribution is 2.18. The summed E-state index contributed by atoms with van der Waals surface area (Å²) in [4.78, 5) is 15.8. The SMILES string of the molecule is CCCC(=O)Nc1ccccc1Cc1nc(C)no1. The van der Waals surface area contributed by atoms with E-state index < -0.39 is 0 Å². The van der Waals surface area contributed by atoms with E-state index in [0.29, 0.717) is 24.6 Å². The largest absolute Gasteiger partial charge is 0.339 e. The minimum Gasteiger partial charge on any atom is -0.339 e. The molecule has 1 amide bonds. The van der Waals surface area contributed by atoms with Crippen molar-refractivity contribution in [2.75, 3.05) is 5.32 Å². The van der Waals surface area contributed by atoms with Crippen LogP contribution in [0.3, 0.4) is 0 Å². The van der Waals surface area contributed by atoms with Gasteiger partial charge in [0.2, 0.25) is 11.8 Å². The Hall–Kier alpha value is -2.17. The van der Waals surface area contributed by atoms with Gasteiger partial charge in [-0.2, -0.15) is 4.98 Å². The molecule has 1 aromatic heterocycles. The second-order valence-electron chi connectivity index (χ2n) is 4.37. The zero-order chi connectivity index (χ0) is 13.7. The number of hydrogen-bond acceptors (Lipinski definition) is 4. The molecular formula is C14H17N3O2. The summed E-state index contributed by atoms with van der Waals surface area (Å²) >= 11 is 0. The fourth-order valence-corrected chi connectivity index (χ4v) is 1.81. The standard InChI is InChI=1S/C14H17N3O2/c1-3-6-13(18)16-12-8-5-4-7-11(12)9-14-15-10(2)17-19-14/h4-5,7-8H,3,6,9H2,1-2H3,(H,16,18). The first-order chi connectivity index (χ1) is 9.19. The lowest BCUT2D eigenvalue weighted by Gasteiger charge is -2.09. The lowest BCUT2D eigenvalue weighted by atomic mass is 10.1. The monoisotopic (exact) mass is 259 g/mol. The van der Waals surface area contributed by atoms with Crippen molar-refractivity contribution in [3.8, 4) is 0 Å². The highest BCUT2D eigenvalue weighted by atomic mass is 16.5. The quantitative estimate of drug-likeness (QED) is 0.896. The average Bonchev–Trinajstić information content (AvgIpc) is 2.78. The van der Waals surface area contributed by atoms with Crippen LogP contribution in [-0.4, -0.2) is 16.0 Å². The maximum absolute atomic E-state index is 11.7. The number of anilines is 1. The fourth-order valence-electron chi connectivity index (χ4n) is 1.81. The van der Waals surface area contributed by atoms with Gasteiger partial charge in [-0.05, 0) is 25.0 Å². The summed E-state index contributed by atoms with van der Waals surface area (Å²) < 4.78 is 5.10. The number of rotatable bonds is 5. The zero-order valence-corrected chi connectivity index (χ0v) is 11.1. The van der Waals surface area contributed by atoms with Gasteiger partial charge in [0.05, 0.1) is 6.42 Å². The second-order valence-corrected chi connectivity index (χ2v) is 4.37. The van der Waals surface area contributed by atoms with Crippen LogP contribution in [0.5, 0.6) is 0 Å². The van der Waals surface area contributed by atoms with Gasteiger partial charge in [0, 0.05) is 12.1 Å². The second kappa shape index (κ2) is 6.13. The van der Waals surface area contributed by atoms with Crippen molar-refractivity contribution in [2.24, 2.45) is 0 Å². The summed E-state index contributed by atoms with van der Waals surface area (Å²) in [7, 11) is 0. The number of aryl methyl sites for hydroxylation is 1. The van der Waals surface area contributed by atoms with E-state index in [9.17, 15) is 4.79 Å². The van der Waals surface area contributed by atoms with Crippen LogP contribution in [0.1, 0.15) is 37.0 Å². The van der Waals surface area contributed by atoms with E-state index in [1.165, 1.54) is 0 Å². The third-order valence-corrected chi connectivity index (χ3v) is 2.68. The fraction of sp³-hybridized carbons (Fsp3) is 0.357. The number of benzene rings is 1. The van der Waals surface area contributed by atoms with Crippen molar-refractivity contribution in [3.05, 3.63) is 41.5 Å². The van der Waals surface area contributed by atoms with Gasteiger partial charge in [0.25, 0.3) is 0 Å². The number of nitrogens with one attached hydrogen (secondary N) is 1. The van der Waals surface area contributed by atoms with Gasteiger partial charge in [-0.3, -0.25) is 4.79 Å². The van der Waals surface area contributed by atoms with E-state index in [-0.39, 0.29) is 5.91 Å². The van der Waals surface area contributed by atoms with Crippen LogP contribution in [0.25, 0.3) is 0 Å². The molecule has 100 valence electrons. The van der Waals surface area contributed by atoms with Crippen LogP contribution < -0.4 is 5.32 Å². The number of amides is 1. The van der Waals surface area contributed by atoms with E-state index in [2.05, 4.69) is 15.5 Å². The number of para-hydroxylation sites is 1. The molecule has 0 atom stereocenters. The Balaban J connectivity index is 2.14. The topological polar surface area (TPSA) is 68.0 Å². The van der Waals surface area contributed by atoms with Crippen LogP contribution in [0.2, 0.25) is 0 Å². The maximum Gasteiger partial charge on any atom is 0.231 e. The minimum absolute atomic E-state index is 0.0247. The highest BCUT2D eigenvalue weighted by Gasteiger charge is 2.10. The molecule has 1 N–H and O–H groups in total. The Bertz CT molecular complexity index is 563. The first-order valence-corrected chi connectivity index (χ1v) is 6.36. The van der Waals surface area contributed by atoms with E-state index in [4.69, 9.17) is 4.52 Å². The van der Waals surface area contributed by atoms with Crippen LogP contribution in [0, 0.1) is 6.92 Å². The maximum atomic E-state index is 11.7. The molecule has 5 nitrogen and oxygen atoms in total. The molecule has 0 unspecified atom stereocenters. The van der Waals surface area contributed by atoms with E-state index in [1.54, 1.807) is 6.92 Å². The van der Waals surface area contributed by atoms with Crippen molar-refractivity contribution in [1.29, 1.82) is 0 Å². The molecule has 0 bridgehead atoms. The smallest absolute Gasteiger partial charge is 0.231 e. The number of nitrogens with zero attached hydrogens (tertiary/aromatic N) is 2. The third-order valence-electron chi connectivity index (χ3n) is 2.68. The van der Waals surface area contributed by atoms with Crippen molar-refractivity contribution < 1.29 is 9.32 Å². The summed E-state index contributed by atoms with van der Waals surface area (Å²) in [6.07, 6.45) is 1.87. The van der Waals surface area contributed by atoms with Crippen molar-refractivity contribution in [2.45, 2.75) is 33.1 Å². The Morgan fingerprint density at radius 3 is 2.84 bits per heavy atom. The van der Waals surface area contributed by atoms with E-state index in [1.807, 2.05) is 31.2 Å². The van der Waals surface area contributed by atoms with Crippen molar-refractivity contribution >= 4 is 11.6 Å². The minimum atomic E-state index is 0.0247. The molecule has 1 heterocycles. The predicted molar refractivity (Wildman–Crippen MR) is 71.8 cm³/mol. The molecule has 0 fully saturated rings. The van der Waals surface area contributed by atoms with Gasteiger partial charge < -0.3 is 9.84 Å². The van der Waals surface area contributed by atoms with Crippen LogP contribution >= 0.6 is 0 Å². The zero-order valence-electron chi connectivity index (χ0n) is 11.1. The molecule has 2 rings (SSSR count). The molecule has 2 aromatic rings. The van der Waals surface area contributed by atoms with E-state index in [0.717, 1.165) is 17.7 Å². The molecule has 0 aliphatic rings. The van der Waals surface area contributed by atoms with Crippen LogP contribution in [-0.2, 0) is 11.2 Å². The molecule has 19 heavy (non-hydrogen) atoms. The Morgan fingerprint density at radius 1 is 1.37 bits per heavy atom. The molecule has 0 aliphatic heterocycles. The van der Waals surface area contributed by atoms with Gasteiger partial charge in [-0.1, -0.05) is 30.3 Å². The van der Waals surface area contributed by atoms with Gasteiger partial charge in [0.1, 0.15) is 0 Å². The summed E-state index contributed by atoms with van der Waals surface area (Å²) in [5, 5.41) is 6.67. The van der Waals surface area contributed by atoms with Gasteiger partial charge in [0.15, 0.2) is 5.82 Å². The molecule has 0 radical (unpaired) electrons. The first kappa shape index (κ1) is 13.3. The first-order valence-electron chi connectivity index (χ1n) is 6.36. The number of aromatic nitrogens is 2. The normalized spacial score (nSPS) is 10.4. The molecule has 0 saturated heterocycles. The Labute approximate surface area is 112 Å². The average molecular weight is 259 g/mol. The van der Waals surface area contributed by atoms with Gasteiger partial charge in [-0.15, -0.1) is 0 Å². The Kier molecular flexibility index (Phi) is 4.28. The molecule has 0 spiro atoms. The van der Waals surface area contributed by atoms with Crippen LogP contribution in [0.4, 0.5) is 5.69 Å². The van der Waals surface area contributed by atoms with E-state index >= 15 is 0 Å². The third kappa shape index (κ3) is 3.64. The summed E-state index contributed by atoms with van der Waals surface area (Å²) in [5.74, 6) is 1.19. The summed E-state index contributed by atoms with van der Waals surface area (Å²) in [6.45, 7) is 3.76.